The van der Waals surface area contributed by atoms with E-state index in [0.29, 0.717) is 0 Å². The van der Waals surface area contributed by atoms with Crippen molar-refractivity contribution in [3.05, 3.63) is 169 Å². The van der Waals surface area contributed by atoms with Gasteiger partial charge in [0.2, 0.25) is 0 Å². The van der Waals surface area contributed by atoms with Crippen molar-refractivity contribution in [2.75, 3.05) is 0 Å². The number of aromatic nitrogens is 2. The normalized spacial score (nSPS) is 13.4. The van der Waals surface area contributed by atoms with Gasteiger partial charge in [-0.3, -0.25) is 4.98 Å². The van der Waals surface area contributed by atoms with E-state index >= 15 is 0 Å². The van der Waals surface area contributed by atoms with Crippen LogP contribution in [-0.2, 0) is 5.41 Å². The Bertz CT molecular complexity index is 3410. The molecule has 0 spiro atoms. The Balaban J connectivity index is 1.12. The molecule has 12 rings (SSSR count). The fraction of sp³-hybridized carbons (Fsp3) is 0.0588. The molecule has 0 radical (unpaired) electrons. The largest absolute Gasteiger partial charge is 0.455 e. The fourth-order valence-electron chi connectivity index (χ4n) is 9.24. The zero-order valence-corrected chi connectivity index (χ0v) is 31.0. The second-order valence-corrected chi connectivity index (χ2v) is 16.3. The van der Waals surface area contributed by atoms with Gasteiger partial charge in [0.05, 0.1) is 16.7 Å². The molecule has 0 saturated carbocycles. The minimum absolute atomic E-state index is 0.180. The van der Waals surface area contributed by atoms with Crippen molar-refractivity contribution < 1.29 is 4.42 Å². The first-order chi connectivity index (χ1) is 27.0. The summed E-state index contributed by atoms with van der Waals surface area (Å²) in [7, 11) is 0. The fourth-order valence-corrected chi connectivity index (χ4v) is 10.5. The lowest BCUT2D eigenvalue weighted by Gasteiger charge is -2.22. The zero-order valence-electron chi connectivity index (χ0n) is 30.2. The van der Waals surface area contributed by atoms with E-state index in [-0.39, 0.29) is 5.41 Å². The summed E-state index contributed by atoms with van der Waals surface area (Å²) >= 11 is 1.86. The van der Waals surface area contributed by atoms with E-state index < -0.39 is 0 Å². The van der Waals surface area contributed by atoms with Crippen LogP contribution in [0.5, 0.6) is 0 Å². The minimum atomic E-state index is -0.180. The van der Waals surface area contributed by atoms with E-state index in [9.17, 15) is 0 Å². The molecule has 0 aliphatic heterocycles. The first kappa shape index (κ1) is 30.8. The third-order valence-corrected chi connectivity index (χ3v) is 13.1. The molecule has 55 heavy (non-hydrogen) atoms. The third-order valence-electron chi connectivity index (χ3n) is 11.9. The number of hydrogen-bond donors (Lipinski definition) is 0. The van der Waals surface area contributed by atoms with E-state index in [0.717, 1.165) is 60.7 Å². The molecular weight excluding hydrogens is 689 g/mol. The van der Waals surface area contributed by atoms with Crippen molar-refractivity contribution in [3.63, 3.8) is 0 Å². The van der Waals surface area contributed by atoms with Crippen LogP contribution in [0, 0.1) is 0 Å². The van der Waals surface area contributed by atoms with Gasteiger partial charge in [-0.25, -0.2) is 4.98 Å². The summed E-state index contributed by atoms with van der Waals surface area (Å²) in [6.07, 6.45) is 1.97. The summed E-state index contributed by atoms with van der Waals surface area (Å²) in [5, 5.41) is 6.94. The Labute approximate surface area is 321 Å². The van der Waals surface area contributed by atoms with Crippen molar-refractivity contribution in [2.45, 2.75) is 19.3 Å². The molecule has 4 heteroatoms. The van der Waals surface area contributed by atoms with E-state index in [2.05, 4.69) is 159 Å². The van der Waals surface area contributed by atoms with Crippen LogP contribution in [-0.4, -0.2) is 9.97 Å². The SMILES string of the molecule is CC1(C)c2ccccc2-c2c1cc(-c1ccc(-c3ccc4ccc5cc(-c6ccccc6)cnc5c4n3)c3c1sc1ccccc13)c1c2oc2ccccc21. The molecule has 0 saturated heterocycles. The molecule has 11 aromatic rings. The predicted molar refractivity (Wildman–Crippen MR) is 231 cm³/mol. The minimum Gasteiger partial charge on any atom is -0.455 e. The van der Waals surface area contributed by atoms with E-state index in [1.165, 1.54) is 58.9 Å². The summed E-state index contributed by atoms with van der Waals surface area (Å²) in [4.78, 5) is 10.4. The van der Waals surface area contributed by atoms with Crippen LogP contribution in [0.3, 0.4) is 0 Å². The predicted octanol–water partition coefficient (Wildman–Crippen LogP) is 14.4. The van der Waals surface area contributed by atoms with Crippen LogP contribution in [0.1, 0.15) is 25.0 Å². The first-order valence-corrected chi connectivity index (χ1v) is 19.6. The van der Waals surface area contributed by atoms with Crippen molar-refractivity contribution in [1.82, 2.24) is 9.97 Å². The van der Waals surface area contributed by atoms with E-state index in [1.807, 2.05) is 23.6 Å². The lowest BCUT2D eigenvalue weighted by atomic mass is 9.81. The molecule has 3 nitrogen and oxygen atoms in total. The van der Waals surface area contributed by atoms with Crippen LogP contribution in [0.25, 0.3) is 109 Å². The number of pyridine rings is 2. The summed E-state index contributed by atoms with van der Waals surface area (Å²) in [6.45, 7) is 4.70. The van der Waals surface area contributed by atoms with Gasteiger partial charge in [-0.2, -0.15) is 0 Å². The van der Waals surface area contributed by atoms with Gasteiger partial charge in [0.15, 0.2) is 0 Å². The number of benzene rings is 7. The molecule has 4 heterocycles. The number of rotatable bonds is 3. The highest BCUT2D eigenvalue weighted by Crippen LogP contribution is 2.56. The highest BCUT2D eigenvalue weighted by Gasteiger charge is 2.39. The highest BCUT2D eigenvalue weighted by atomic mass is 32.1. The maximum atomic E-state index is 6.87. The summed E-state index contributed by atoms with van der Waals surface area (Å²) < 4.78 is 9.38. The van der Waals surface area contributed by atoms with Crippen LogP contribution in [0.4, 0.5) is 0 Å². The molecule has 0 fully saturated rings. The van der Waals surface area contributed by atoms with Crippen LogP contribution < -0.4 is 0 Å². The number of fused-ring (bicyclic) bond motifs is 13. The summed E-state index contributed by atoms with van der Waals surface area (Å²) in [5.74, 6) is 0. The Kier molecular flexibility index (Phi) is 6.27. The lowest BCUT2D eigenvalue weighted by Crippen LogP contribution is -2.15. The van der Waals surface area contributed by atoms with Gasteiger partial charge in [0, 0.05) is 75.6 Å². The van der Waals surface area contributed by atoms with E-state index in [1.54, 1.807) is 0 Å². The highest BCUT2D eigenvalue weighted by molar-refractivity contribution is 7.26. The average Bonchev–Trinajstić information content (AvgIpc) is 3.89. The summed E-state index contributed by atoms with van der Waals surface area (Å²) in [5.41, 5.74) is 15.4. The first-order valence-electron chi connectivity index (χ1n) is 18.8. The molecule has 4 aromatic heterocycles. The number of hydrogen-bond acceptors (Lipinski definition) is 4. The molecule has 0 N–H and O–H groups in total. The Morgan fingerprint density at radius 1 is 0.545 bits per heavy atom. The smallest absolute Gasteiger partial charge is 0.144 e. The van der Waals surface area contributed by atoms with Gasteiger partial charge in [0.1, 0.15) is 11.2 Å². The number of thiophene rings is 1. The van der Waals surface area contributed by atoms with Gasteiger partial charge < -0.3 is 4.42 Å². The van der Waals surface area contributed by atoms with Gasteiger partial charge in [-0.15, -0.1) is 11.3 Å². The Hall–Kier alpha value is -6.62. The van der Waals surface area contributed by atoms with Crippen molar-refractivity contribution in [3.8, 4) is 44.6 Å². The monoisotopic (exact) mass is 720 g/mol. The molecule has 258 valence electrons. The zero-order chi connectivity index (χ0) is 36.4. The van der Waals surface area contributed by atoms with Crippen molar-refractivity contribution in [2.24, 2.45) is 0 Å². The standard InChI is InChI=1S/C51H32N2OS/c1-51(2)39-17-9-6-14-34(39)46-40(51)27-38(44-36-15-7-10-18-42(36)54-49(44)46)33-23-24-35(45-37-16-8-11-19-43(37)55-50(33)45)41-25-22-30-20-21-31-26-32(29-12-4-3-5-13-29)28-52-47(31)48(30)53-41/h3-28H,1-2H3. The number of nitrogens with zero attached hydrogens (tertiary/aromatic N) is 2. The van der Waals surface area contributed by atoms with E-state index in [4.69, 9.17) is 14.4 Å². The van der Waals surface area contributed by atoms with Crippen molar-refractivity contribution in [1.29, 1.82) is 0 Å². The van der Waals surface area contributed by atoms with Crippen LogP contribution >= 0.6 is 11.3 Å². The molecule has 7 aromatic carbocycles. The van der Waals surface area contributed by atoms with Crippen LogP contribution in [0.2, 0.25) is 0 Å². The molecule has 0 atom stereocenters. The topological polar surface area (TPSA) is 38.9 Å². The van der Waals surface area contributed by atoms with Gasteiger partial charge in [-0.05, 0) is 58.1 Å². The van der Waals surface area contributed by atoms with Crippen LogP contribution in [0.15, 0.2) is 162 Å². The van der Waals surface area contributed by atoms with Crippen molar-refractivity contribution >= 4 is 75.3 Å². The maximum Gasteiger partial charge on any atom is 0.144 e. The number of para-hydroxylation sites is 1. The second-order valence-electron chi connectivity index (χ2n) is 15.3. The molecule has 1 aliphatic rings. The van der Waals surface area contributed by atoms with Gasteiger partial charge in [0.25, 0.3) is 0 Å². The molecular formula is C51H32N2OS. The summed E-state index contributed by atoms with van der Waals surface area (Å²) in [6, 6.07) is 54.6. The molecule has 1 aliphatic carbocycles. The molecule has 0 amide bonds. The quantitative estimate of drug-likeness (QED) is 0.171. The Morgan fingerprint density at radius 2 is 1.29 bits per heavy atom. The average molecular weight is 721 g/mol. The lowest BCUT2D eigenvalue weighted by molar-refractivity contribution is 0.653. The molecule has 0 unspecified atom stereocenters. The Morgan fingerprint density at radius 3 is 2.20 bits per heavy atom. The van der Waals surface area contributed by atoms with Gasteiger partial charge in [-0.1, -0.05) is 135 Å². The number of furan rings is 1. The van der Waals surface area contributed by atoms with Gasteiger partial charge >= 0.3 is 0 Å². The second kappa shape index (κ2) is 11.2. The maximum absolute atomic E-state index is 6.87. The molecule has 0 bridgehead atoms. The third kappa shape index (κ3) is 4.31.